The zero-order chi connectivity index (χ0) is 24.7. The van der Waals surface area contributed by atoms with E-state index in [9.17, 15) is 0 Å². The minimum Gasteiger partial charge on any atom is -0.364 e. The van der Waals surface area contributed by atoms with Crippen molar-refractivity contribution >= 4 is 11.8 Å². The van der Waals surface area contributed by atoms with Crippen molar-refractivity contribution in [2.75, 3.05) is 45.2 Å². The molecule has 0 spiro atoms. The summed E-state index contributed by atoms with van der Waals surface area (Å²) in [7, 11) is 4.06. The summed E-state index contributed by atoms with van der Waals surface area (Å²) in [5.41, 5.74) is 8.43. The predicted octanol–water partition coefficient (Wildman–Crippen LogP) is 3.89. The van der Waals surface area contributed by atoms with E-state index < -0.39 is 5.66 Å². The average molecular weight is 476 g/mol. The number of nitrogens with two attached hydrogens (primary N) is 1. The maximum absolute atomic E-state index is 6.95. The first-order valence-corrected chi connectivity index (χ1v) is 13.0. The van der Waals surface area contributed by atoms with Crippen molar-refractivity contribution in [1.29, 1.82) is 0 Å². The number of nitrogens with zero attached hydrogens (tertiary/aromatic N) is 5. The molecule has 2 aromatic rings. The number of anilines is 1. The highest BCUT2D eigenvalue weighted by molar-refractivity contribution is 5.83. The Bertz CT molecular complexity index is 992. The minimum absolute atomic E-state index is 0.833. The van der Waals surface area contributed by atoms with Crippen molar-refractivity contribution < 1.29 is 0 Å². The van der Waals surface area contributed by atoms with Crippen LogP contribution in [-0.2, 0) is 12.1 Å². The van der Waals surface area contributed by atoms with Gasteiger partial charge in [-0.3, -0.25) is 5.73 Å². The molecule has 2 aliphatic rings. The van der Waals surface area contributed by atoms with E-state index in [2.05, 4.69) is 62.3 Å². The highest BCUT2D eigenvalue weighted by Crippen LogP contribution is 2.28. The Balaban J connectivity index is 1.46. The lowest BCUT2D eigenvalue weighted by Crippen LogP contribution is -2.56. The van der Waals surface area contributed by atoms with Gasteiger partial charge in [0.25, 0.3) is 0 Å². The lowest BCUT2D eigenvalue weighted by Gasteiger charge is -2.41. The van der Waals surface area contributed by atoms with Gasteiger partial charge in [0, 0.05) is 52.5 Å². The van der Waals surface area contributed by atoms with Crippen LogP contribution in [0.25, 0.3) is 0 Å². The lowest BCUT2D eigenvalue weighted by molar-refractivity contribution is 0.352. The van der Waals surface area contributed by atoms with Gasteiger partial charge < -0.3 is 20.0 Å². The third-order valence-corrected chi connectivity index (χ3v) is 6.91. The van der Waals surface area contributed by atoms with Crippen LogP contribution in [-0.4, -0.2) is 61.0 Å². The molecular weight excluding hydrogens is 434 g/mol. The Morgan fingerprint density at radius 3 is 2.31 bits per heavy atom. The smallest absolute Gasteiger partial charge is 0.202 e. The zero-order valence-electron chi connectivity index (χ0n) is 21.6. The summed E-state index contributed by atoms with van der Waals surface area (Å²) < 4.78 is 0. The summed E-state index contributed by atoms with van der Waals surface area (Å²) in [5.74, 6) is 2.82. The zero-order valence-corrected chi connectivity index (χ0v) is 21.6. The van der Waals surface area contributed by atoms with Crippen molar-refractivity contribution in [2.24, 2.45) is 10.7 Å². The maximum atomic E-state index is 6.95. The number of rotatable bonds is 9. The quantitative estimate of drug-likeness (QED) is 0.536. The fourth-order valence-electron chi connectivity index (χ4n) is 4.69. The fraction of sp³-hybridized carbons (Fsp3) is 0.500. The van der Waals surface area contributed by atoms with Gasteiger partial charge in [-0.2, -0.15) is 0 Å². The molecule has 2 aliphatic heterocycles. The van der Waals surface area contributed by atoms with Crippen LogP contribution in [0.2, 0.25) is 0 Å². The third-order valence-electron chi connectivity index (χ3n) is 6.91. The van der Waals surface area contributed by atoms with Crippen LogP contribution in [0.5, 0.6) is 0 Å². The average Bonchev–Trinajstić information content (AvgIpc) is 2.89. The van der Waals surface area contributed by atoms with Crippen LogP contribution in [0, 0.1) is 0 Å². The maximum Gasteiger partial charge on any atom is 0.202 e. The van der Waals surface area contributed by atoms with Crippen molar-refractivity contribution in [1.82, 2.24) is 20.1 Å². The second kappa shape index (κ2) is 11.6. The third kappa shape index (κ3) is 6.34. The van der Waals surface area contributed by atoms with Gasteiger partial charge in [0.1, 0.15) is 11.6 Å². The molecule has 1 unspecified atom stereocenters. The topological polar surface area (TPSA) is 73.0 Å². The van der Waals surface area contributed by atoms with E-state index in [1.807, 2.05) is 38.5 Å². The van der Waals surface area contributed by atoms with Gasteiger partial charge in [0.2, 0.25) is 5.96 Å². The van der Waals surface area contributed by atoms with Gasteiger partial charge in [-0.25, -0.2) is 9.98 Å². The summed E-state index contributed by atoms with van der Waals surface area (Å²) in [4.78, 5) is 16.2. The molecule has 35 heavy (non-hydrogen) atoms. The van der Waals surface area contributed by atoms with Crippen LogP contribution in [0.3, 0.4) is 0 Å². The molecular formula is C28H41N7. The summed E-state index contributed by atoms with van der Waals surface area (Å²) in [6.07, 6.45) is 11.5. The van der Waals surface area contributed by atoms with E-state index in [4.69, 9.17) is 10.7 Å². The molecule has 1 aromatic carbocycles. The molecule has 1 aromatic heterocycles. The summed E-state index contributed by atoms with van der Waals surface area (Å²) >= 11 is 0. The molecule has 0 aliphatic carbocycles. The van der Waals surface area contributed by atoms with E-state index in [-0.39, 0.29) is 0 Å². The van der Waals surface area contributed by atoms with E-state index >= 15 is 0 Å². The molecule has 3 N–H and O–H groups in total. The molecule has 3 heterocycles. The molecule has 7 nitrogen and oxygen atoms in total. The number of unbranched alkanes of at least 4 members (excludes halogenated alkanes) is 4. The number of pyridine rings is 1. The Morgan fingerprint density at radius 1 is 0.943 bits per heavy atom. The first kappa shape index (κ1) is 25.0. The number of benzene rings is 1. The van der Waals surface area contributed by atoms with Crippen LogP contribution < -0.4 is 16.0 Å². The Labute approximate surface area is 210 Å². The lowest BCUT2D eigenvalue weighted by atomic mass is 9.96. The molecule has 0 radical (unpaired) electrons. The molecule has 1 fully saturated rings. The van der Waals surface area contributed by atoms with Crippen molar-refractivity contribution in [3.8, 4) is 0 Å². The highest BCUT2D eigenvalue weighted by Gasteiger charge is 2.33. The Hall–Kier alpha value is -3.06. The normalized spacial score (nSPS) is 20.2. The van der Waals surface area contributed by atoms with E-state index in [1.54, 1.807) is 0 Å². The summed E-state index contributed by atoms with van der Waals surface area (Å²) in [5, 5.41) is 3.51. The SMILES string of the molecule is CCCCCCCc1ccc(C2(N)C=C(N(C)C)NC(N3CCN(c4ccccn4)CC3)=N2)cc1. The van der Waals surface area contributed by atoms with Crippen molar-refractivity contribution in [3.63, 3.8) is 0 Å². The van der Waals surface area contributed by atoms with Gasteiger partial charge in [-0.15, -0.1) is 0 Å². The summed E-state index contributed by atoms with van der Waals surface area (Å²) in [6.45, 7) is 5.76. The molecule has 1 atom stereocenters. The van der Waals surface area contributed by atoms with Crippen LogP contribution >= 0.6 is 0 Å². The molecule has 0 amide bonds. The number of hydrogen-bond donors (Lipinski definition) is 2. The number of guanidine groups is 1. The van der Waals surface area contributed by atoms with Gasteiger partial charge in [-0.05, 0) is 36.1 Å². The predicted molar refractivity (Wildman–Crippen MR) is 145 cm³/mol. The van der Waals surface area contributed by atoms with Gasteiger partial charge >= 0.3 is 0 Å². The highest BCUT2D eigenvalue weighted by atomic mass is 15.4. The van der Waals surface area contributed by atoms with Crippen LogP contribution in [0.15, 0.2) is 65.6 Å². The molecule has 0 bridgehead atoms. The molecule has 0 saturated carbocycles. The standard InChI is InChI=1S/C28H41N7/c1-4-5-6-7-8-11-23-13-15-24(16-14-23)28(29)22-26(33(2)3)31-27(32-28)35-20-18-34(19-21-35)25-12-9-10-17-30-25/h9-10,12-17,22H,4-8,11,18-21,29H2,1-3H3,(H,31,32). The second-order valence-corrected chi connectivity index (χ2v) is 9.83. The van der Waals surface area contributed by atoms with Gasteiger partial charge in [0.05, 0.1) is 0 Å². The number of aliphatic imine (C=N–C) groups is 1. The monoisotopic (exact) mass is 475 g/mol. The minimum atomic E-state index is -0.905. The number of aromatic nitrogens is 1. The van der Waals surface area contributed by atoms with Crippen molar-refractivity contribution in [2.45, 2.75) is 51.1 Å². The number of hydrogen-bond acceptors (Lipinski definition) is 7. The van der Waals surface area contributed by atoms with Crippen LogP contribution in [0.1, 0.15) is 50.2 Å². The van der Waals surface area contributed by atoms with Gasteiger partial charge in [-0.1, -0.05) is 62.9 Å². The van der Waals surface area contributed by atoms with Crippen LogP contribution in [0.4, 0.5) is 5.82 Å². The Morgan fingerprint density at radius 2 is 1.66 bits per heavy atom. The van der Waals surface area contributed by atoms with E-state index in [0.29, 0.717) is 0 Å². The first-order valence-electron chi connectivity index (χ1n) is 13.0. The fourth-order valence-corrected chi connectivity index (χ4v) is 4.69. The van der Waals surface area contributed by atoms with Crippen molar-refractivity contribution in [3.05, 3.63) is 71.7 Å². The first-order chi connectivity index (χ1) is 17.0. The Kier molecular flexibility index (Phi) is 8.29. The molecule has 4 rings (SSSR count). The molecule has 1 saturated heterocycles. The second-order valence-electron chi connectivity index (χ2n) is 9.83. The van der Waals surface area contributed by atoms with E-state index in [1.165, 1.54) is 37.7 Å². The van der Waals surface area contributed by atoms with E-state index in [0.717, 1.165) is 55.8 Å². The summed E-state index contributed by atoms with van der Waals surface area (Å²) in [6, 6.07) is 14.8. The van der Waals surface area contributed by atoms with Gasteiger partial charge in [0.15, 0.2) is 5.66 Å². The largest absolute Gasteiger partial charge is 0.364 e. The number of aryl methyl sites for hydroxylation is 1. The molecule has 7 heteroatoms. The number of nitrogens with one attached hydrogen (secondary N) is 1. The number of piperazine rings is 1. The molecule has 188 valence electrons.